The van der Waals surface area contributed by atoms with E-state index in [1.165, 1.54) is 16.7 Å². The van der Waals surface area contributed by atoms with Crippen molar-refractivity contribution >= 4 is 5.65 Å². The van der Waals surface area contributed by atoms with Crippen molar-refractivity contribution in [1.29, 1.82) is 0 Å². The van der Waals surface area contributed by atoms with Gasteiger partial charge < -0.3 is 14.0 Å². The molecule has 0 radical (unpaired) electrons. The summed E-state index contributed by atoms with van der Waals surface area (Å²) in [6.45, 7) is 2.20. The Labute approximate surface area is 202 Å². The van der Waals surface area contributed by atoms with Gasteiger partial charge in [0.25, 0.3) is 5.88 Å². The van der Waals surface area contributed by atoms with Crippen LogP contribution in [-0.4, -0.2) is 32.1 Å². The van der Waals surface area contributed by atoms with Crippen LogP contribution in [0.25, 0.3) is 17.2 Å². The van der Waals surface area contributed by atoms with Crippen LogP contribution in [0, 0.1) is 6.92 Å². The number of fused-ring (bicyclic) bond motifs is 2. The molecule has 0 fully saturated rings. The van der Waals surface area contributed by atoms with Crippen LogP contribution in [-0.2, 0) is 19.4 Å². The molecule has 176 valence electrons. The lowest BCUT2D eigenvalue weighted by molar-refractivity contribution is 0.267. The smallest absolute Gasteiger partial charge is 0.275 e. The minimum atomic E-state index is 0.364. The SMILES string of the molecule is COc1cc2nnc(-c3cc(C)on3)n2nc1OCc1ccc2c(c1)CCC(c1ccccc1)C2. The summed E-state index contributed by atoms with van der Waals surface area (Å²) in [6.07, 6.45) is 3.30. The highest BCUT2D eigenvalue weighted by atomic mass is 16.5. The topological polar surface area (TPSA) is 87.6 Å². The molecule has 0 aliphatic heterocycles. The molecule has 1 atom stereocenters. The summed E-state index contributed by atoms with van der Waals surface area (Å²) in [5.74, 6) is 2.60. The second-order valence-corrected chi connectivity index (χ2v) is 8.88. The van der Waals surface area contributed by atoms with Gasteiger partial charge in [0, 0.05) is 12.1 Å². The van der Waals surface area contributed by atoms with Crippen molar-refractivity contribution in [3.63, 3.8) is 0 Å². The minimum absolute atomic E-state index is 0.364. The lowest BCUT2D eigenvalue weighted by Crippen LogP contribution is -2.13. The first-order valence-corrected chi connectivity index (χ1v) is 11.7. The fourth-order valence-electron chi connectivity index (χ4n) is 4.74. The quantitative estimate of drug-likeness (QED) is 0.349. The summed E-state index contributed by atoms with van der Waals surface area (Å²) in [7, 11) is 1.58. The van der Waals surface area contributed by atoms with Crippen molar-refractivity contribution in [2.75, 3.05) is 7.11 Å². The summed E-state index contributed by atoms with van der Waals surface area (Å²) in [6, 6.07) is 21.0. The summed E-state index contributed by atoms with van der Waals surface area (Å²) in [5, 5.41) is 17.0. The lowest BCUT2D eigenvalue weighted by Gasteiger charge is -2.25. The average Bonchev–Trinajstić information content (AvgIpc) is 3.52. The third-order valence-electron chi connectivity index (χ3n) is 6.55. The second-order valence-electron chi connectivity index (χ2n) is 8.88. The van der Waals surface area contributed by atoms with Crippen LogP contribution in [0.5, 0.6) is 11.6 Å². The molecule has 0 amide bonds. The van der Waals surface area contributed by atoms with Crippen LogP contribution in [0.1, 0.15) is 40.4 Å². The predicted molar refractivity (Wildman–Crippen MR) is 130 cm³/mol. The zero-order chi connectivity index (χ0) is 23.8. The molecule has 6 rings (SSSR count). The number of hydrogen-bond acceptors (Lipinski definition) is 7. The van der Waals surface area contributed by atoms with Crippen molar-refractivity contribution in [1.82, 2.24) is 25.0 Å². The summed E-state index contributed by atoms with van der Waals surface area (Å²) >= 11 is 0. The molecule has 1 aliphatic rings. The molecule has 0 saturated carbocycles. The largest absolute Gasteiger partial charge is 0.491 e. The molecule has 1 aliphatic carbocycles. The highest BCUT2D eigenvalue weighted by Gasteiger charge is 2.21. The number of ether oxygens (including phenoxy) is 2. The average molecular weight is 468 g/mol. The van der Waals surface area contributed by atoms with Gasteiger partial charge in [0.05, 0.1) is 7.11 Å². The van der Waals surface area contributed by atoms with E-state index >= 15 is 0 Å². The number of aryl methyl sites for hydroxylation is 2. The third kappa shape index (κ3) is 4.12. The van der Waals surface area contributed by atoms with Gasteiger partial charge >= 0.3 is 0 Å². The van der Waals surface area contributed by atoms with Crippen LogP contribution in [0.15, 0.2) is 65.2 Å². The molecule has 5 aromatic rings. The van der Waals surface area contributed by atoms with Gasteiger partial charge in [0.2, 0.25) is 5.82 Å². The normalized spacial score (nSPS) is 15.2. The Bertz CT molecular complexity index is 1490. The number of benzene rings is 2. The first-order chi connectivity index (χ1) is 17.2. The van der Waals surface area contributed by atoms with Gasteiger partial charge in [-0.15, -0.1) is 15.3 Å². The van der Waals surface area contributed by atoms with Gasteiger partial charge in [-0.2, -0.15) is 4.52 Å². The van der Waals surface area contributed by atoms with Crippen molar-refractivity contribution in [2.45, 2.75) is 38.7 Å². The van der Waals surface area contributed by atoms with Gasteiger partial charge in [-0.25, -0.2) is 0 Å². The Morgan fingerprint density at radius 2 is 1.91 bits per heavy atom. The number of rotatable bonds is 6. The minimum Gasteiger partial charge on any atom is -0.491 e. The lowest BCUT2D eigenvalue weighted by atomic mass is 9.80. The fourth-order valence-corrected chi connectivity index (χ4v) is 4.74. The number of nitrogens with zero attached hydrogens (tertiary/aromatic N) is 5. The maximum Gasteiger partial charge on any atom is 0.275 e. The van der Waals surface area contributed by atoms with Gasteiger partial charge in [0.1, 0.15) is 12.4 Å². The summed E-state index contributed by atoms with van der Waals surface area (Å²) in [5.41, 5.74) is 6.43. The van der Waals surface area contributed by atoms with Crippen molar-refractivity contribution in [2.24, 2.45) is 0 Å². The molecule has 8 nitrogen and oxygen atoms in total. The zero-order valence-electron chi connectivity index (χ0n) is 19.6. The Kier molecular flexibility index (Phi) is 5.41. The van der Waals surface area contributed by atoms with E-state index in [2.05, 4.69) is 69.0 Å². The van der Waals surface area contributed by atoms with E-state index in [4.69, 9.17) is 14.0 Å². The van der Waals surface area contributed by atoms with E-state index in [9.17, 15) is 0 Å². The number of hydrogen-bond donors (Lipinski definition) is 0. The van der Waals surface area contributed by atoms with E-state index < -0.39 is 0 Å². The van der Waals surface area contributed by atoms with Gasteiger partial charge in [-0.05, 0) is 54.4 Å². The van der Waals surface area contributed by atoms with Gasteiger partial charge in [-0.3, -0.25) is 0 Å². The first kappa shape index (κ1) is 21.3. The summed E-state index contributed by atoms with van der Waals surface area (Å²) in [4.78, 5) is 0. The molecular formula is C27H25N5O3. The van der Waals surface area contributed by atoms with Crippen molar-refractivity contribution < 1.29 is 14.0 Å². The zero-order valence-corrected chi connectivity index (χ0v) is 19.6. The Morgan fingerprint density at radius 1 is 1.03 bits per heavy atom. The van der Waals surface area contributed by atoms with Crippen LogP contribution in [0.3, 0.4) is 0 Å². The molecule has 3 aromatic heterocycles. The molecule has 8 heteroatoms. The van der Waals surface area contributed by atoms with Crippen molar-refractivity contribution in [3.8, 4) is 23.1 Å². The van der Waals surface area contributed by atoms with Crippen LogP contribution in [0.4, 0.5) is 0 Å². The molecule has 35 heavy (non-hydrogen) atoms. The number of aromatic nitrogens is 5. The molecule has 3 heterocycles. The molecule has 0 saturated heterocycles. The van der Waals surface area contributed by atoms with Crippen molar-refractivity contribution in [3.05, 3.63) is 88.7 Å². The molecule has 0 spiro atoms. The van der Waals surface area contributed by atoms with Gasteiger partial charge in [0.15, 0.2) is 17.1 Å². The van der Waals surface area contributed by atoms with E-state index in [0.29, 0.717) is 47.1 Å². The number of methoxy groups -OCH3 is 1. The molecule has 0 bridgehead atoms. The standard InChI is InChI=1S/C27H25N5O3/c1-17-12-23(31-35-17)26-29-28-25-15-24(33-2)27(30-32(25)26)34-16-18-8-9-22-14-21(11-10-20(22)13-18)19-6-4-3-5-7-19/h3-9,12-13,15,21H,10-11,14,16H2,1-2H3. The van der Waals surface area contributed by atoms with E-state index in [1.54, 1.807) is 23.8 Å². The molecular weight excluding hydrogens is 442 g/mol. The monoisotopic (exact) mass is 467 g/mol. The molecule has 0 N–H and O–H groups in total. The Balaban J connectivity index is 1.22. The maximum atomic E-state index is 6.11. The maximum absolute atomic E-state index is 6.11. The fraction of sp³-hybridized carbons (Fsp3) is 0.259. The van der Waals surface area contributed by atoms with Gasteiger partial charge in [-0.1, -0.05) is 53.7 Å². The summed E-state index contributed by atoms with van der Waals surface area (Å²) < 4.78 is 18.4. The molecule has 1 unspecified atom stereocenters. The Hall–Kier alpha value is -4.20. The highest BCUT2D eigenvalue weighted by molar-refractivity contribution is 5.57. The highest BCUT2D eigenvalue weighted by Crippen LogP contribution is 2.34. The Morgan fingerprint density at radius 3 is 2.71 bits per heavy atom. The van der Waals surface area contributed by atoms with E-state index in [0.717, 1.165) is 24.8 Å². The van der Waals surface area contributed by atoms with E-state index in [-0.39, 0.29) is 0 Å². The van der Waals surface area contributed by atoms with Crippen LogP contribution < -0.4 is 9.47 Å². The van der Waals surface area contributed by atoms with Crippen LogP contribution >= 0.6 is 0 Å². The first-order valence-electron chi connectivity index (χ1n) is 11.7. The predicted octanol–water partition coefficient (Wildman–Crippen LogP) is 4.95. The molecule has 2 aromatic carbocycles. The third-order valence-corrected chi connectivity index (χ3v) is 6.55. The van der Waals surface area contributed by atoms with E-state index in [1.807, 2.05) is 6.92 Å². The second kappa shape index (κ2) is 8.87. The van der Waals surface area contributed by atoms with Crippen LogP contribution in [0.2, 0.25) is 0 Å².